The molecule has 0 amide bonds. The fourth-order valence-corrected chi connectivity index (χ4v) is 1.42. The predicted octanol–water partition coefficient (Wildman–Crippen LogP) is 3.34. The van der Waals surface area contributed by atoms with Crippen molar-refractivity contribution in [1.29, 1.82) is 5.26 Å². The van der Waals surface area contributed by atoms with E-state index < -0.39 is 4.87 Å². The molecule has 0 saturated heterocycles. The van der Waals surface area contributed by atoms with Crippen molar-refractivity contribution in [2.75, 3.05) is 5.88 Å². The van der Waals surface area contributed by atoms with E-state index in [1.807, 2.05) is 19.1 Å². The lowest BCUT2D eigenvalue weighted by Crippen LogP contribution is -2.21. The molecule has 0 N–H and O–H groups in total. The molecule has 1 nitrogen and oxygen atoms in total. The second-order valence-corrected chi connectivity index (χ2v) is 4.71. The van der Waals surface area contributed by atoms with Gasteiger partial charge in [0.25, 0.3) is 0 Å². The van der Waals surface area contributed by atoms with Gasteiger partial charge in [-0.3, -0.25) is 0 Å². The van der Waals surface area contributed by atoms with Crippen LogP contribution in [0.2, 0.25) is 0 Å². The third kappa shape index (κ3) is 3.21. The first kappa shape index (κ1) is 11.4. The lowest BCUT2D eigenvalue weighted by molar-refractivity contribution is 0.701. The quantitative estimate of drug-likeness (QED) is 0.728. The topological polar surface area (TPSA) is 23.8 Å². The zero-order valence-electron chi connectivity index (χ0n) is 7.93. The minimum atomic E-state index is -0.407. The molecule has 0 aliphatic heterocycles. The van der Waals surface area contributed by atoms with Gasteiger partial charge in [0.15, 0.2) is 0 Å². The summed E-state index contributed by atoms with van der Waals surface area (Å²) in [4.78, 5) is -0.407. The second kappa shape index (κ2) is 4.68. The molecule has 14 heavy (non-hydrogen) atoms. The molecule has 1 aromatic rings. The number of halogens is 2. The van der Waals surface area contributed by atoms with Gasteiger partial charge < -0.3 is 0 Å². The summed E-state index contributed by atoms with van der Waals surface area (Å²) in [6.07, 6.45) is 0.712. The molecule has 1 rings (SSSR count). The number of hydrogen-bond acceptors (Lipinski definition) is 1. The number of nitriles is 1. The standard InChI is InChI=1S/C11H11Cl2N/c1-11(13,8-12)6-9-2-4-10(7-14)5-3-9/h2-5H,6,8H2,1H3. The number of hydrogen-bond donors (Lipinski definition) is 0. The van der Waals surface area contributed by atoms with Gasteiger partial charge in [-0.1, -0.05) is 12.1 Å². The lowest BCUT2D eigenvalue weighted by Gasteiger charge is -2.18. The van der Waals surface area contributed by atoms with Crippen LogP contribution in [0.25, 0.3) is 0 Å². The van der Waals surface area contributed by atoms with E-state index in [1.54, 1.807) is 12.1 Å². The molecule has 3 heteroatoms. The number of nitrogens with zero attached hydrogens (tertiary/aromatic N) is 1. The molecular weight excluding hydrogens is 217 g/mol. The van der Waals surface area contributed by atoms with E-state index in [0.717, 1.165) is 5.56 Å². The fourth-order valence-electron chi connectivity index (χ4n) is 1.17. The Kier molecular flexibility index (Phi) is 3.80. The van der Waals surface area contributed by atoms with Crippen molar-refractivity contribution in [2.24, 2.45) is 0 Å². The van der Waals surface area contributed by atoms with E-state index in [0.29, 0.717) is 17.9 Å². The molecule has 0 aliphatic rings. The van der Waals surface area contributed by atoms with Crippen LogP contribution < -0.4 is 0 Å². The summed E-state index contributed by atoms with van der Waals surface area (Å²) in [6, 6.07) is 9.47. The maximum absolute atomic E-state index is 8.61. The van der Waals surface area contributed by atoms with Crippen molar-refractivity contribution >= 4 is 23.2 Å². The van der Waals surface area contributed by atoms with E-state index in [4.69, 9.17) is 28.5 Å². The van der Waals surface area contributed by atoms with E-state index >= 15 is 0 Å². The molecule has 0 radical (unpaired) electrons. The summed E-state index contributed by atoms with van der Waals surface area (Å²) in [6.45, 7) is 1.90. The second-order valence-electron chi connectivity index (χ2n) is 3.53. The highest BCUT2D eigenvalue weighted by Gasteiger charge is 2.19. The Morgan fingerprint density at radius 1 is 1.36 bits per heavy atom. The Balaban J connectivity index is 2.75. The summed E-state index contributed by atoms with van der Waals surface area (Å²) in [5.41, 5.74) is 1.76. The minimum absolute atomic E-state index is 0.407. The van der Waals surface area contributed by atoms with Gasteiger partial charge in [0.2, 0.25) is 0 Å². The predicted molar refractivity (Wildman–Crippen MR) is 59.8 cm³/mol. The highest BCUT2D eigenvalue weighted by atomic mass is 35.5. The largest absolute Gasteiger partial charge is 0.192 e. The average Bonchev–Trinajstić information content (AvgIpc) is 2.19. The highest BCUT2D eigenvalue weighted by Crippen LogP contribution is 2.22. The van der Waals surface area contributed by atoms with Gasteiger partial charge in [-0.15, -0.1) is 23.2 Å². The third-order valence-corrected chi connectivity index (χ3v) is 2.93. The van der Waals surface area contributed by atoms with Crippen LogP contribution in [0, 0.1) is 11.3 Å². The van der Waals surface area contributed by atoms with Crippen molar-refractivity contribution in [3.05, 3.63) is 35.4 Å². The smallest absolute Gasteiger partial charge is 0.0991 e. The van der Waals surface area contributed by atoms with E-state index in [2.05, 4.69) is 6.07 Å². The van der Waals surface area contributed by atoms with Crippen LogP contribution in [0.1, 0.15) is 18.1 Å². The first-order valence-corrected chi connectivity index (χ1v) is 5.22. The lowest BCUT2D eigenvalue weighted by atomic mass is 10.0. The maximum atomic E-state index is 8.61. The Bertz CT molecular complexity index is 335. The average molecular weight is 228 g/mol. The summed E-state index contributed by atoms with van der Waals surface area (Å²) >= 11 is 11.8. The van der Waals surface area contributed by atoms with Crippen LogP contribution in [0.4, 0.5) is 0 Å². The van der Waals surface area contributed by atoms with Crippen LogP contribution >= 0.6 is 23.2 Å². The molecule has 0 aromatic heterocycles. The summed E-state index contributed by atoms with van der Waals surface area (Å²) < 4.78 is 0. The van der Waals surface area contributed by atoms with Gasteiger partial charge in [0.1, 0.15) is 0 Å². The van der Waals surface area contributed by atoms with Gasteiger partial charge in [-0.05, 0) is 31.0 Å². The van der Waals surface area contributed by atoms with Gasteiger partial charge >= 0.3 is 0 Å². The Morgan fingerprint density at radius 2 is 1.93 bits per heavy atom. The van der Waals surface area contributed by atoms with Crippen LogP contribution in [0.5, 0.6) is 0 Å². The molecule has 0 spiro atoms. The van der Waals surface area contributed by atoms with Crippen molar-refractivity contribution < 1.29 is 0 Å². The van der Waals surface area contributed by atoms with Gasteiger partial charge in [-0.2, -0.15) is 5.26 Å². The first-order valence-electron chi connectivity index (χ1n) is 4.31. The minimum Gasteiger partial charge on any atom is -0.192 e. The molecule has 0 aliphatic carbocycles. The first-order chi connectivity index (χ1) is 6.57. The van der Waals surface area contributed by atoms with Crippen LogP contribution in [-0.4, -0.2) is 10.8 Å². The van der Waals surface area contributed by atoms with Gasteiger partial charge in [-0.25, -0.2) is 0 Å². The summed E-state index contributed by atoms with van der Waals surface area (Å²) in [7, 11) is 0. The number of benzene rings is 1. The van der Waals surface area contributed by atoms with Crippen LogP contribution in [0.3, 0.4) is 0 Å². The molecule has 1 aromatic carbocycles. The van der Waals surface area contributed by atoms with Crippen molar-refractivity contribution in [3.63, 3.8) is 0 Å². The molecule has 1 unspecified atom stereocenters. The van der Waals surface area contributed by atoms with Crippen molar-refractivity contribution in [2.45, 2.75) is 18.2 Å². The molecule has 1 atom stereocenters. The van der Waals surface area contributed by atoms with E-state index in [-0.39, 0.29) is 0 Å². The van der Waals surface area contributed by atoms with Crippen LogP contribution in [-0.2, 0) is 6.42 Å². The fraction of sp³-hybridized carbons (Fsp3) is 0.364. The molecule has 0 saturated carbocycles. The number of alkyl halides is 2. The monoisotopic (exact) mass is 227 g/mol. The maximum Gasteiger partial charge on any atom is 0.0991 e. The zero-order valence-corrected chi connectivity index (χ0v) is 9.44. The Hall–Kier alpha value is -0.710. The van der Waals surface area contributed by atoms with Gasteiger partial charge in [0, 0.05) is 5.88 Å². The van der Waals surface area contributed by atoms with Crippen molar-refractivity contribution in [1.82, 2.24) is 0 Å². The molecular formula is C11H11Cl2N. The van der Waals surface area contributed by atoms with Gasteiger partial charge in [0.05, 0.1) is 16.5 Å². The van der Waals surface area contributed by atoms with E-state index in [9.17, 15) is 0 Å². The SMILES string of the molecule is CC(Cl)(CCl)Cc1ccc(C#N)cc1. The molecule has 0 bridgehead atoms. The highest BCUT2D eigenvalue weighted by molar-refractivity contribution is 6.30. The normalized spacial score (nSPS) is 14.4. The van der Waals surface area contributed by atoms with Crippen molar-refractivity contribution in [3.8, 4) is 6.07 Å². The molecule has 0 heterocycles. The Morgan fingerprint density at radius 3 is 2.36 bits per heavy atom. The zero-order chi connectivity index (χ0) is 10.6. The summed E-state index contributed by atoms with van der Waals surface area (Å²) in [5, 5.41) is 8.61. The molecule has 74 valence electrons. The summed E-state index contributed by atoms with van der Waals surface area (Å²) in [5.74, 6) is 0.411. The van der Waals surface area contributed by atoms with E-state index in [1.165, 1.54) is 0 Å². The number of rotatable bonds is 3. The molecule has 0 fully saturated rings. The Labute approximate surface area is 94.3 Å². The third-order valence-electron chi connectivity index (χ3n) is 1.93. The van der Waals surface area contributed by atoms with Crippen LogP contribution in [0.15, 0.2) is 24.3 Å².